The Bertz CT molecular complexity index is 582. The first-order valence-corrected chi connectivity index (χ1v) is 6.53. The predicted molar refractivity (Wildman–Crippen MR) is 77.2 cm³/mol. The summed E-state index contributed by atoms with van der Waals surface area (Å²) in [6.07, 6.45) is -0.436. The molecule has 0 saturated heterocycles. The zero-order chi connectivity index (χ0) is 14.4. The molecule has 4 nitrogen and oxygen atoms in total. The molecule has 1 heterocycles. The van der Waals surface area contributed by atoms with Crippen molar-refractivity contribution < 1.29 is 9.53 Å². The molecule has 0 unspecified atom stereocenters. The van der Waals surface area contributed by atoms with Crippen molar-refractivity contribution in [1.82, 2.24) is 10.3 Å². The van der Waals surface area contributed by atoms with Crippen molar-refractivity contribution in [3.05, 3.63) is 65.0 Å². The van der Waals surface area contributed by atoms with Crippen LogP contribution in [0.1, 0.15) is 22.5 Å². The van der Waals surface area contributed by atoms with Gasteiger partial charge in [0.25, 0.3) is 0 Å². The summed E-state index contributed by atoms with van der Waals surface area (Å²) in [4.78, 5) is 16.0. The lowest BCUT2D eigenvalue weighted by Crippen LogP contribution is -2.24. The fourth-order valence-electron chi connectivity index (χ4n) is 1.72. The molecular formula is C16H18N2O2. The second kappa shape index (κ2) is 6.70. The van der Waals surface area contributed by atoms with Crippen LogP contribution in [-0.2, 0) is 17.9 Å². The van der Waals surface area contributed by atoms with Crippen LogP contribution in [0.25, 0.3) is 0 Å². The van der Waals surface area contributed by atoms with Crippen LogP contribution < -0.4 is 5.32 Å². The van der Waals surface area contributed by atoms with E-state index in [1.807, 2.05) is 56.3 Å². The number of carbonyl (C=O) groups excluding carboxylic acids is 1. The lowest BCUT2D eigenvalue weighted by molar-refractivity contribution is 0.139. The van der Waals surface area contributed by atoms with E-state index in [0.29, 0.717) is 6.54 Å². The van der Waals surface area contributed by atoms with Crippen molar-refractivity contribution in [1.29, 1.82) is 0 Å². The van der Waals surface area contributed by atoms with Gasteiger partial charge >= 0.3 is 6.09 Å². The molecule has 2 rings (SSSR count). The fraction of sp³-hybridized carbons (Fsp3) is 0.250. The number of amides is 1. The Morgan fingerprint density at radius 3 is 2.60 bits per heavy atom. The van der Waals surface area contributed by atoms with Gasteiger partial charge in [-0.25, -0.2) is 4.79 Å². The second-order valence-electron chi connectivity index (χ2n) is 4.62. The van der Waals surface area contributed by atoms with Gasteiger partial charge in [-0.2, -0.15) is 0 Å². The van der Waals surface area contributed by atoms with Crippen LogP contribution in [0, 0.1) is 13.8 Å². The number of benzene rings is 1. The standard InChI is InChI=1S/C16H18N2O2/c1-12-8-9-15(18-13(12)2)10-17-16(19)20-11-14-6-4-3-5-7-14/h3-9H,10-11H2,1-2H3,(H,17,19). The lowest BCUT2D eigenvalue weighted by Gasteiger charge is -2.08. The first-order valence-electron chi connectivity index (χ1n) is 6.53. The molecule has 4 heteroatoms. The van der Waals surface area contributed by atoms with E-state index in [2.05, 4.69) is 10.3 Å². The summed E-state index contributed by atoms with van der Waals surface area (Å²) in [7, 11) is 0. The topological polar surface area (TPSA) is 51.2 Å². The summed E-state index contributed by atoms with van der Waals surface area (Å²) >= 11 is 0. The van der Waals surface area contributed by atoms with Crippen molar-refractivity contribution >= 4 is 6.09 Å². The average molecular weight is 270 g/mol. The maximum Gasteiger partial charge on any atom is 0.407 e. The smallest absolute Gasteiger partial charge is 0.407 e. The van der Waals surface area contributed by atoms with Crippen LogP contribution in [-0.4, -0.2) is 11.1 Å². The zero-order valence-electron chi connectivity index (χ0n) is 11.7. The van der Waals surface area contributed by atoms with E-state index in [9.17, 15) is 4.79 Å². The van der Waals surface area contributed by atoms with Crippen LogP contribution >= 0.6 is 0 Å². The monoisotopic (exact) mass is 270 g/mol. The van der Waals surface area contributed by atoms with Gasteiger partial charge in [-0.15, -0.1) is 0 Å². The largest absolute Gasteiger partial charge is 0.445 e. The van der Waals surface area contributed by atoms with E-state index in [-0.39, 0.29) is 6.61 Å². The Balaban J connectivity index is 1.79. The average Bonchev–Trinajstić information content (AvgIpc) is 2.47. The number of hydrogen-bond acceptors (Lipinski definition) is 3. The van der Waals surface area contributed by atoms with Gasteiger partial charge in [0.05, 0.1) is 12.2 Å². The molecule has 0 saturated carbocycles. The number of aryl methyl sites for hydroxylation is 2. The number of alkyl carbamates (subject to hydrolysis) is 1. The van der Waals surface area contributed by atoms with Crippen LogP contribution in [0.4, 0.5) is 4.79 Å². The molecule has 0 aliphatic rings. The summed E-state index contributed by atoms with van der Waals surface area (Å²) in [5.41, 5.74) is 3.90. The number of pyridine rings is 1. The molecule has 0 radical (unpaired) electrons. The van der Waals surface area contributed by atoms with Gasteiger partial charge in [0.15, 0.2) is 0 Å². The second-order valence-corrected chi connectivity index (χ2v) is 4.62. The fourth-order valence-corrected chi connectivity index (χ4v) is 1.72. The summed E-state index contributed by atoms with van der Waals surface area (Å²) in [5.74, 6) is 0. The molecule has 0 aliphatic heterocycles. The zero-order valence-corrected chi connectivity index (χ0v) is 11.7. The van der Waals surface area contributed by atoms with Crippen LogP contribution in [0.5, 0.6) is 0 Å². The maximum absolute atomic E-state index is 11.6. The Morgan fingerprint density at radius 2 is 1.90 bits per heavy atom. The predicted octanol–water partition coefficient (Wildman–Crippen LogP) is 3.12. The summed E-state index contributed by atoms with van der Waals surface area (Å²) in [5, 5.41) is 2.69. The molecule has 1 N–H and O–H groups in total. The van der Waals surface area contributed by atoms with Gasteiger partial charge < -0.3 is 10.1 Å². The Labute approximate surface area is 118 Å². The minimum Gasteiger partial charge on any atom is -0.445 e. The summed E-state index contributed by atoms with van der Waals surface area (Å²) in [6.45, 7) is 4.60. The number of rotatable bonds is 4. The Kier molecular flexibility index (Phi) is 4.71. The van der Waals surface area contributed by atoms with Gasteiger partial charge in [-0.1, -0.05) is 36.4 Å². The SMILES string of the molecule is Cc1ccc(CNC(=O)OCc2ccccc2)nc1C. The van der Waals surface area contributed by atoms with Gasteiger partial charge in [0.1, 0.15) is 6.61 Å². The highest BCUT2D eigenvalue weighted by molar-refractivity contribution is 5.67. The lowest BCUT2D eigenvalue weighted by atomic mass is 10.2. The van der Waals surface area contributed by atoms with E-state index in [4.69, 9.17) is 4.74 Å². The first kappa shape index (κ1) is 14.1. The Morgan fingerprint density at radius 1 is 1.15 bits per heavy atom. The van der Waals surface area contributed by atoms with Crippen molar-refractivity contribution in [3.8, 4) is 0 Å². The molecule has 1 aromatic heterocycles. The van der Waals surface area contributed by atoms with Crippen molar-refractivity contribution in [2.45, 2.75) is 27.0 Å². The normalized spacial score (nSPS) is 10.1. The third-order valence-corrected chi connectivity index (χ3v) is 3.03. The van der Waals surface area contributed by atoms with Crippen LogP contribution in [0.3, 0.4) is 0 Å². The molecule has 0 atom stereocenters. The van der Waals surface area contributed by atoms with Crippen molar-refractivity contribution in [2.24, 2.45) is 0 Å². The van der Waals surface area contributed by atoms with E-state index >= 15 is 0 Å². The number of nitrogens with zero attached hydrogens (tertiary/aromatic N) is 1. The third-order valence-electron chi connectivity index (χ3n) is 3.03. The minimum absolute atomic E-state index is 0.271. The summed E-state index contributed by atoms with van der Waals surface area (Å²) < 4.78 is 5.13. The highest BCUT2D eigenvalue weighted by atomic mass is 16.5. The van der Waals surface area contributed by atoms with E-state index in [0.717, 1.165) is 22.5 Å². The number of aromatic nitrogens is 1. The third kappa shape index (κ3) is 4.09. The number of ether oxygens (including phenoxy) is 1. The molecular weight excluding hydrogens is 252 g/mol. The summed E-state index contributed by atoms with van der Waals surface area (Å²) in [6, 6.07) is 13.5. The number of hydrogen-bond donors (Lipinski definition) is 1. The molecule has 20 heavy (non-hydrogen) atoms. The highest BCUT2D eigenvalue weighted by Gasteiger charge is 2.04. The molecule has 1 amide bonds. The Hall–Kier alpha value is -2.36. The molecule has 104 valence electrons. The number of carbonyl (C=O) groups is 1. The molecule has 0 bridgehead atoms. The van der Waals surface area contributed by atoms with Gasteiger partial charge in [-0.05, 0) is 31.0 Å². The molecule has 0 spiro atoms. The molecule has 2 aromatic rings. The van der Waals surface area contributed by atoms with Gasteiger partial charge in [0.2, 0.25) is 0 Å². The van der Waals surface area contributed by atoms with Crippen molar-refractivity contribution in [3.63, 3.8) is 0 Å². The van der Waals surface area contributed by atoms with Gasteiger partial charge in [0, 0.05) is 5.69 Å². The molecule has 1 aromatic carbocycles. The maximum atomic E-state index is 11.6. The highest BCUT2D eigenvalue weighted by Crippen LogP contribution is 2.05. The molecule has 0 fully saturated rings. The van der Waals surface area contributed by atoms with Crippen LogP contribution in [0.2, 0.25) is 0 Å². The van der Waals surface area contributed by atoms with Crippen molar-refractivity contribution in [2.75, 3.05) is 0 Å². The molecule has 0 aliphatic carbocycles. The van der Waals surface area contributed by atoms with Crippen LogP contribution in [0.15, 0.2) is 42.5 Å². The van der Waals surface area contributed by atoms with E-state index in [1.165, 1.54) is 0 Å². The van der Waals surface area contributed by atoms with E-state index < -0.39 is 6.09 Å². The first-order chi connectivity index (χ1) is 9.65. The van der Waals surface area contributed by atoms with Gasteiger partial charge in [-0.3, -0.25) is 4.98 Å². The number of nitrogens with one attached hydrogen (secondary N) is 1. The quantitative estimate of drug-likeness (QED) is 0.928. The minimum atomic E-state index is -0.436. The van der Waals surface area contributed by atoms with E-state index in [1.54, 1.807) is 0 Å².